The fourth-order valence-electron chi connectivity index (χ4n) is 3.07. The molecule has 0 bridgehead atoms. The van der Waals surface area contributed by atoms with Crippen LogP contribution >= 0.6 is 0 Å². The first kappa shape index (κ1) is 17.6. The molecule has 2 aromatic rings. The maximum Gasteiger partial charge on any atom is 0.337 e. The molecule has 0 atom stereocenters. The van der Waals surface area contributed by atoms with E-state index in [1.807, 2.05) is 0 Å². The topological polar surface area (TPSA) is 111 Å². The van der Waals surface area contributed by atoms with Gasteiger partial charge in [-0.2, -0.15) is 9.71 Å². The highest BCUT2D eigenvalue weighted by Gasteiger charge is 2.43. The smallest absolute Gasteiger partial charge is 0.337 e. The van der Waals surface area contributed by atoms with Gasteiger partial charge in [-0.15, -0.1) is 0 Å². The minimum Gasteiger partial charge on any atom is -0.465 e. The molecule has 0 amide bonds. The average molecular weight is 365 g/mol. The second kappa shape index (κ2) is 6.57. The van der Waals surface area contributed by atoms with Gasteiger partial charge >= 0.3 is 5.97 Å². The summed E-state index contributed by atoms with van der Waals surface area (Å²) in [5.74, 6) is 0.129. The molecule has 1 N–H and O–H groups in total. The van der Waals surface area contributed by atoms with Crippen LogP contribution in [-0.2, 0) is 20.3 Å². The quantitative estimate of drug-likeness (QED) is 0.806. The summed E-state index contributed by atoms with van der Waals surface area (Å²) in [5, 5.41) is 3.92. The summed E-state index contributed by atoms with van der Waals surface area (Å²) < 4.78 is 38.2. The van der Waals surface area contributed by atoms with E-state index in [2.05, 4.69) is 19.6 Å². The lowest BCUT2D eigenvalue weighted by atomic mass is 9.99. The molecule has 0 radical (unpaired) electrons. The standard InChI is InChI=1S/C16H19N3O5S/c1-11-17-15(18-24-11)16(8-3-4-9-16)19-25(21,22)13-7-5-6-12(10-13)14(20)23-2/h5-7,10,19H,3-4,8-9H2,1-2H3. The largest absolute Gasteiger partial charge is 0.465 e. The second-order valence-corrected chi connectivity index (χ2v) is 7.73. The van der Waals surface area contributed by atoms with Crippen molar-refractivity contribution in [2.24, 2.45) is 0 Å². The Kier molecular flexibility index (Phi) is 4.61. The van der Waals surface area contributed by atoms with E-state index in [0.717, 1.165) is 12.8 Å². The van der Waals surface area contributed by atoms with Crippen LogP contribution in [0.3, 0.4) is 0 Å². The maximum atomic E-state index is 12.9. The molecule has 134 valence electrons. The van der Waals surface area contributed by atoms with E-state index >= 15 is 0 Å². The molecule has 0 aliphatic heterocycles. The fraction of sp³-hybridized carbons (Fsp3) is 0.438. The summed E-state index contributed by atoms with van der Waals surface area (Å²) >= 11 is 0. The summed E-state index contributed by atoms with van der Waals surface area (Å²) in [6.45, 7) is 1.66. The zero-order valence-electron chi connectivity index (χ0n) is 14.0. The zero-order chi connectivity index (χ0) is 18.1. The Labute approximate surface area is 145 Å². The molecule has 1 aromatic carbocycles. The van der Waals surface area contributed by atoms with Crippen LogP contribution in [0.5, 0.6) is 0 Å². The maximum absolute atomic E-state index is 12.9. The van der Waals surface area contributed by atoms with Gasteiger partial charge in [0, 0.05) is 6.92 Å². The number of sulfonamides is 1. The first-order valence-electron chi connectivity index (χ1n) is 7.89. The molecule has 1 aliphatic carbocycles. The summed E-state index contributed by atoms with van der Waals surface area (Å²) in [7, 11) is -2.64. The van der Waals surface area contributed by atoms with Gasteiger partial charge in [-0.05, 0) is 31.0 Å². The SMILES string of the molecule is COC(=O)c1cccc(S(=O)(=O)NC2(c3noc(C)n3)CCCC2)c1. The normalized spacial score (nSPS) is 16.7. The molecule has 1 aliphatic rings. The van der Waals surface area contributed by atoms with Crippen molar-refractivity contribution >= 4 is 16.0 Å². The summed E-state index contributed by atoms with van der Waals surface area (Å²) in [4.78, 5) is 15.9. The highest BCUT2D eigenvalue weighted by atomic mass is 32.2. The highest BCUT2D eigenvalue weighted by Crippen LogP contribution is 2.38. The van der Waals surface area contributed by atoms with Gasteiger partial charge < -0.3 is 9.26 Å². The van der Waals surface area contributed by atoms with Gasteiger partial charge in [0.15, 0.2) is 5.82 Å². The van der Waals surface area contributed by atoms with Crippen molar-refractivity contribution < 1.29 is 22.5 Å². The van der Waals surface area contributed by atoms with Gasteiger partial charge in [-0.1, -0.05) is 24.1 Å². The van der Waals surface area contributed by atoms with Crippen molar-refractivity contribution in [3.63, 3.8) is 0 Å². The first-order chi connectivity index (χ1) is 11.9. The Morgan fingerprint density at radius 3 is 2.64 bits per heavy atom. The van der Waals surface area contributed by atoms with Crippen molar-refractivity contribution in [2.45, 2.75) is 43.0 Å². The van der Waals surface area contributed by atoms with Crippen LogP contribution < -0.4 is 4.72 Å². The third-order valence-corrected chi connectivity index (χ3v) is 5.84. The molecule has 0 saturated heterocycles. The summed E-state index contributed by atoms with van der Waals surface area (Å²) in [6, 6.07) is 5.72. The fourth-order valence-corrected chi connectivity index (χ4v) is 4.54. The number of hydrogen-bond acceptors (Lipinski definition) is 7. The molecule has 0 unspecified atom stereocenters. The van der Waals surface area contributed by atoms with E-state index in [4.69, 9.17) is 4.52 Å². The van der Waals surface area contributed by atoms with Crippen molar-refractivity contribution in [3.05, 3.63) is 41.5 Å². The monoisotopic (exact) mass is 365 g/mol. The lowest BCUT2D eigenvalue weighted by Gasteiger charge is -2.26. The van der Waals surface area contributed by atoms with Gasteiger partial charge in [0.25, 0.3) is 0 Å². The van der Waals surface area contributed by atoms with Crippen molar-refractivity contribution in [1.29, 1.82) is 0 Å². The lowest BCUT2D eigenvalue weighted by Crippen LogP contribution is -2.44. The molecule has 25 heavy (non-hydrogen) atoms. The summed E-state index contributed by atoms with van der Waals surface area (Å²) in [6.07, 6.45) is 2.89. The van der Waals surface area contributed by atoms with Crippen molar-refractivity contribution in [1.82, 2.24) is 14.9 Å². The van der Waals surface area contributed by atoms with Gasteiger partial charge in [0.2, 0.25) is 15.9 Å². The number of esters is 1. The predicted octanol–water partition coefficient (Wildman–Crippen LogP) is 1.91. The Bertz CT molecular complexity index is 885. The van der Waals surface area contributed by atoms with Gasteiger partial charge in [-0.25, -0.2) is 13.2 Å². The average Bonchev–Trinajstić information content (AvgIpc) is 3.24. The molecular weight excluding hydrogens is 346 g/mol. The number of methoxy groups -OCH3 is 1. The molecule has 9 heteroatoms. The molecule has 1 aromatic heterocycles. The lowest BCUT2D eigenvalue weighted by molar-refractivity contribution is 0.0600. The van der Waals surface area contributed by atoms with Crippen molar-refractivity contribution in [3.8, 4) is 0 Å². The van der Waals surface area contributed by atoms with E-state index in [9.17, 15) is 13.2 Å². The number of aryl methyl sites for hydroxylation is 1. The number of nitrogens with zero attached hydrogens (tertiary/aromatic N) is 2. The van der Waals surface area contributed by atoms with E-state index in [1.54, 1.807) is 6.92 Å². The van der Waals surface area contributed by atoms with Gasteiger partial charge in [0.05, 0.1) is 23.1 Å². The minimum atomic E-state index is -3.88. The molecule has 0 spiro atoms. The second-order valence-electron chi connectivity index (χ2n) is 6.05. The van der Waals surface area contributed by atoms with Crippen LogP contribution in [0, 0.1) is 6.92 Å². The third-order valence-electron chi connectivity index (χ3n) is 4.31. The Morgan fingerprint density at radius 1 is 1.32 bits per heavy atom. The number of hydrogen-bond donors (Lipinski definition) is 1. The van der Waals surface area contributed by atoms with Crippen molar-refractivity contribution in [2.75, 3.05) is 7.11 Å². The van der Waals surface area contributed by atoms with Gasteiger partial charge in [-0.3, -0.25) is 0 Å². The molecular formula is C16H19N3O5S. The molecule has 1 saturated carbocycles. The van der Waals surface area contributed by atoms with Crippen LogP contribution in [0.1, 0.15) is 47.8 Å². The van der Waals surface area contributed by atoms with Crippen LogP contribution in [0.25, 0.3) is 0 Å². The first-order valence-corrected chi connectivity index (χ1v) is 9.38. The van der Waals surface area contributed by atoms with E-state index < -0.39 is 21.5 Å². The number of carbonyl (C=O) groups excluding carboxylic acids is 1. The molecule has 1 heterocycles. The Morgan fingerprint density at radius 2 is 2.04 bits per heavy atom. The number of rotatable bonds is 5. The predicted molar refractivity (Wildman–Crippen MR) is 87.3 cm³/mol. The number of aromatic nitrogens is 2. The molecule has 1 fully saturated rings. The zero-order valence-corrected chi connectivity index (χ0v) is 14.8. The number of benzene rings is 1. The van der Waals surface area contributed by atoms with Crippen LogP contribution in [0.2, 0.25) is 0 Å². The number of nitrogens with one attached hydrogen (secondary N) is 1. The summed E-state index contributed by atoms with van der Waals surface area (Å²) in [5.41, 5.74) is -0.723. The van der Waals surface area contributed by atoms with Crippen LogP contribution in [0.4, 0.5) is 0 Å². The molecule has 3 rings (SSSR count). The highest BCUT2D eigenvalue weighted by molar-refractivity contribution is 7.89. The van der Waals surface area contributed by atoms with E-state index in [-0.39, 0.29) is 10.5 Å². The molecule has 8 nitrogen and oxygen atoms in total. The Hall–Kier alpha value is -2.26. The van der Waals surface area contributed by atoms with Gasteiger partial charge in [0.1, 0.15) is 0 Å². The minimum absolute atomic E-state index is 0.0121. The third kappa shape index (κ3) is 3.42. The van der Waals surface area contributed by atoms with E-state index in [1.165, 1.54) is 31.4 Å². The van der Waals surface area contributed by atoms with Crippen LogP contribution in [0.15, 0.2) is 33.7 Å². The van der Waals surface area contributed by atoms with E-state index in [0.29, 0.717) is 24.6 Å². The number of carbonyl (C=O) groups is 1. The Balaban J connectivity index is 1.96. The van der Waals surface area contributed by atoms with Crippen LogP contribution in [-0.4, -0.2) is 31.6 Å². The number of ether oxygens (including phenoxy) is 1.